The Balaban J connectivity index is 2.11. The van der Waals surface area contributed by atoms with Crippen LogP contribution in [0.3, 0.4) is 0 Å². The van der Waals surface area contributed by atoms with Crippen LogP contribution in [0.2, 0.25) is 0 Å². The number of aryl methyl sites for hydroxylation is 1. The van der Waals surface area contributed by atoms with E-state index in [1.54, 1.807) is 0 Å². The lowest BCUT2D eigenvalue weighted by atomic mass is 9.89. The largest absolute Gasteiger partial charge is 0.207 e. The van der Waals surface area contributed by atoms with E-state index in [4.69, 9.17) is 0 Å². The first-order chi connectivity index (χ1) is 6.75. The van der Waals surface area contributed by atoms with Crippen LogP contribution in [0.25, 0.3) is 11.1 Å². The van der Waals surface area contributed by atoms with E-state index in [1.165, 1.54) is 33.7 Å². The maximum Gasteiger partial charge on any atom is 0.123 e. The molecule has 0 N–H and O–H groups in total. The van der Waals surface area contributed by atoms with E-state index < -0.39 is 0 Å². The fraction of sp³-hybridized carbons (Fsp3) is 0.0769. The summed E-state index contributed by atoms with van der Waals surface area (Å²) in [7, 11) is 0. The van der Waals surface area contributed by atoms with Crippen LogP contribution in [0.4, 0.5) is 4.39 Å². The van der Waals surface area contributed by atoms with Gasteiger partial charge in [-0.2, -0.15) is 0 Å². The second kappa shape index (κ2) is 2.44. The van der Waals surface area contributed by atoms with Crippen molar-refractivity contribution in [1.82, 2.24) is 0 Å². The number of halogens is 1. The summed E-state index contributed by atoms with van der Waals surface area (Å²) in [6.45, 7) is 2.11. The topological polar surface area (TPSA) is 0 Å². The molecule has 3 rings (SSSR count). The van der Waals surface area contributed by atoms with Gasteiger partial charge in [0.1, 0.15) is 5.82 Å². The molecule has 0 unspecified atom stereocenters. The first kappa shape index (κ1) is 7.74. The highest BCUT2D eigenvalue weighted by Crippen LogP contribution is 2.30. The van der Waals surface area contributed by atoms with E-state index in [-0.39, 0.29) is 5.82 Å². The molecule has 0 nitrogen and oxygen atoms in total. The minimum Gasteiger partial charge on any atom is -0.207 e. The predicted molar refractivity (Wildman–Crippen MR) is 54.2 cm³/mol. The summed E-state index contributed by atoms with van der Waals surface area (Å²) < 4.78 is 12.7. The molecule has 14 heavy (non-hydrogen) atoms. The van der Waals surface area contributed by atoms with Crippen LogP contribution in [-0.4, -0.2) is 0 Å². The van der Waals surface area contributed by atoms with Crippen LogP contribution in [0.1, 0.15) is 5.56 Å². The summed E-state index contributed by atoms with van der Waals surface area (Å²) in [4.78, 5) is 0. The zero-order chi connectivity index (χ0) is 9.71. The van der Waals surface area contributed by atoms with Gasteiger partial charge in [-0.3, -0.25) is 0 Å². The van der Waals surface area contributed by atoms with Crippen molar-refractivity contribution in [3.8, 4) is 11.1 Å². The highest BCUT2D eigenvalue weighted by molar-refractivity contribution is 5.69. The molecular weight excluding hydrogens is 175 g/mol. The fourth-order valence-electron chi connectivity index (χ4n) is 1.93. The van der Waals surface area contributed by atoms with Crippen LogP contribution < -0.4 is 0 Å². The van der Waals surface area contributed by atoms with Crippen molar-refractivity contribution < 1.29 is 4.39 Å². The first-order valence-electron chi connectivity index (χ1n) is 4.67. The monoisotopic (exact) mass is 184 g/mol. The predicted octanol–water partition coefficient (Wildman–Crippen LogP) is 3.40. The Morgan fingerprint density at radius 1 is 0.929 bits per heavy atom. The summed E-state index contributed by atoms with van der Waals surface area (Å²) in [6, 6.07) is 11.0. The molecule has 0 aromatic heterocycles. The van der Waals surface area contributed by atoms with Crippen molar-refractivity contribution in [2.45, 2.75) is 6.92 Å². The van der Waals surface area contributed by atoms with Gasteiger partial charge in [0.05, 0.1) is 0 Å². The minimum atomic E-state index is -0.178. The summed E-state index contributed by atoms with van der Waals surface area (Å²) in [6.07, 6.45) is 0. The molecule has 1 aromatic carbocycles. The van der Waals surface area contributed by atoms with Gasteiger partial charge >= 0.3 is 0 Å². The lowest BCUT2D eigenvalue weighted by molar-refractivity contribution is 0.628. The Bertz CT molecular complexity index is 594. The standard InChI is InChI=1S/C13H9F/c1-8-6-13-11(8)7-12(13)9-2-4-10(14)5-3-9/h2-7H,1H3. The molecule has 0 saturated carbocycles. The van der Waals surface area contributed by atoms with Crippen LogP contribution >= 0.6 is 0 Å². The Morgan fingerprint density at radius 2 is 1.64 bits per heavy atom. The fourth-order valence-corrected chi connectivity index (χ4v) is 1.93. The summed E-state index contributed by atoms with van der Waals surface area (Å²) in [5.74, 6) is -0.178. The Kier molecular flexibility index (Phi) is 1.35. The SMILES string of the molecule is Cc1cc2c(-c3ccc(F)cc3)cc1=2. The molecule has 2 aliphatic rings. The van der Waals surface area contributed by atoms with Crippen LogP contribution in [0.15, 0.2) is 36.4 Å². The van der Waals surface area contributed by atoms with Crippen molar-refractivity contribution >= 4 is 0 Å². The molecule has 0 spiro atoms. The zero-order valence-corrected chi connectivity index (χ0v) is 7.84. The third-order valence-corrected chi connectivity index (χ3v) is 2.81. The Morgan fingerprint density at radius 3 is 2.14 bits per heavy atom. The molecule has 1 aromatic rings. The number of benzene rings is 2. The molecule has 0 fully saturated rings. The first-order valence-corrected chi connectivity index (χ1v) is 4.67. The quantitative estimate of drug-likeness (QED) is 0.543. The van der Waals surface area contributed by atoms with Crippen molar-refractivity contribution in [3.63, 3.8) is 0 Å². The van der Waals surface area contributed by atoms with Crippen LogP contribution in [0.5, 0.6) is 0 Å². The van der Waals surface area contributed by atoms with Gasteiger partial charge in [-0.05, 0) is 52.3 Å². The second-order valence-electron chi connectivity index (χ2n) is 3.72. The smallest absolute Gasteiger partial charge is 0.123 e. The maximum atomic E-state index is 12.7. The summed E-state index contributed by atoms with van der Waals surface area (Å²) in [5, 5.41) is 2.69. The molecule has 0 atom stereocenters. The lowest BCUT2D eigenvalue weighted by Crippen LogP contribution is -1.96. The van der Waals surface area contributed by atoms with E-state index in [9.17, 15) is 4.39 Å². The summed E-state index contributed by atoms with van der Waals surface area (Å²) >= 11 is 0. The van der Waals surface area contributed by atoms with Crippen molar-refractivity contribution in [3.05, 3.63) is 58.2 Å². The van der Waals surface area contributed by atoms with E-state index in [2.05, 4.69) is 19.1 Å². The number of hydrogen-bond acceptors (Lipinski definition) is 0. The van der Waals surface area contributed by atoms with E-state index >= 15 is 0 Å². The zero-order valence-electron chi connectivity index (χ0n) is 7.84. The van der Waals surface area contributed by atoms with Crippen molar-refractivity contribution in [1.29, 1.82) is 0 Å². The van der Waals surface area contributed by atoms with Gasteiger partial charge in [-0.1, -0.05) is 18.2 Å². The normalized spacial score (nSPS) is 11.6. The molecule has 0 bridgehead atoms. The number of rotatable bonds is 1. The molecule has 1 heteroatoms. The molecule has 0 saturated heterocycles. The van der Waals surface area contributed by atoms with Gasteiger partial charge in [-0.25, -0.2) is 4.39 Å². The molecule has 0 radical (unpaired) electrons. The molecule has 0 amide bonds. The van der Waals surface area contributed by atoms with Gasteiger partial charge in [0.25, 0.3) is 0 Å². The lowest BCUT2D eigenvalue weighted by Gasteiger charge is -2.14. The van der Waals surface area contributed by atoms with Crippen molar-refractivity contribution in [2.24, 2.45) is 0 Å². The molecular formula is C13H9F. The number of hydrogen-bond donors (Lipinski definition) is 0. The highest BCUT2D eigenvalue weighted by Gasteiger charge is 2.10. The van der Waals surface area contributed by atoms with Gasteiger partial charge in [0.15, 0.2) is 0 Å². The van der Waals surface area contributed by atoms with Gasteiger partial charge in [0.2, 0.25) is 0 Å². The van der Waals surface area contributed by atoms with Gasteiger partial charge in [0, 0.05) is 0 Å². The van der Waals surface area contributed by atoms with Gasteiger partial charge < -0.3 is 0 Å². The molecule has 68 valence electrons. The van der Waals surface area contributed by atoms with Crippen LogP contribution in [-0.2, 0) is 0 Å². The molecule has 0 aliphatic heterocycles. The molecule has 0 heterocycles. The second-order valence-corrected chi connectivity index (χ2v) is 3.72. The summed E-state index contributed by atoms with van der Waals surface area (Å²) in [5.41, 5.74) is 3.70. The molecule has 2 aliphatic carbocycles. The average Bonchev–Trinajstić information content (AvgIpc) is 2.17. The van der Waals surface area contributed by atoms with Crippen LogP contribution in [0, 0.1) is 23.2 Å². The highest BCUT2D eigenvalue weighted by atomic mass is 19.1. The van der Waals surface area contributed by atoms with E-state index in [0.717, 1.165) is 5.56 Å². The van der Waals surface area contributed by atoms with Gasteiger partial charge in [-0.15, -0.1) is 0 Å². The minimum absolute atomic E-state index is 0.178. The third-order valence-electron chi connectivity index (χ3n) is 2.81. The Hall–Kier alpha value is -1.63. The maximum absolute atomic E-state index is 12.7. The average molecular weight is 184 g/mol. The Labute approximate surface area is 81.3 Å². The third kappa shape index (κ3) is 0.869. The van der Waals surface area contributed by atoms with E-state index in [0.29, 0.717) is 0 Å². The van der Waals surface area contributed by atoms with E-state index in [1.807, 2.05) is 12.1 Å². The van der Waals surface area contributed by atoms with Crippen molar-refractivity contribution in [2.75, 3.05) is 0 Å².